The van der Waals surface area contributed by atoms with Gasteiger partial charge in [-0.2, -0.15) is 0 Å². The van der Waals surface area contributed by atoms with Crippen LogP contribution in [-0.4, -0.2) is 16.9 Å². The number of rotatable bonds is 11. The van der Waals surface area contributed by atoms with Gasteiger partial charge in [-0.3, -0.25) is 4.79 Å². The summed E-state index contributed by atoms with van der Waals surface area (Å²) < 4.78 is 0. The van der Waals surface area contributed by atoms with Gasteiger partial charge < -0.3 is 10.8 Å². The zero-order chi connectivity index (χ0) is 15.5. The fourth-order valence-corrected chi connectivity index (χ4v) is 2.47. The number of hydrogen-bond donors (Lipinski definition) is 2. The van der Waals surface area contributed by atoms with Crippen molar-refractivity contribution in [3.63, 3.8) is 0 Å². The van der Waals surface area contributed by atoms with Gasteiger partial charge in [0.05, 0.1) is 6.04 Å². The van der Waals surface area contributed by atoms with Gasteiger partial charge in [0, 0.05) is 5.56 Å². The summed E-state index contributed by atoms with van der Waals surface area (Å²) in [5.74, 6) is 0.140. The fourth-order valence-electron chi connectivity index (χ4n) is 2.47. The molecule has 0 radical (unpaired) electrons. The Morgan fingerprint density at radius 2 is 1.50 bits per heavy atom. The van der Waals surface area contributed by atoms with Gasteiger partial charge >= 0.3 is 0 Å². The molecule has 0 aliphatic heterocycles. The van der Waals surface area contributed by atoms with Crippen molar-refractivity contribution in [1.29, 1.82) is 0 Å². The summed E-state index contributed by atoms with van der Waals surface area (Å²) in [7, 11) is 0. The van der Waals surface area contributed by atoms with Crippen molar-refractivity contribution in [2.24, 2.45) is 5.73 Å². The lowest BCUT2D eigenvalue weighted by atomic mass is 9.99. The largest absolute Gasteiger partial charge is 0.508 e. The van der Waals surface area contributed by atoms with E-state index in [9.17, 15) is 9.90 Å². The first-order valence-corrected chi connectivity index (χ1v) is 8.24. The smallest absolute Gasteiger partial charge is 0.179 e. The molecule has 1 rings (SSSR count). The van der Waals surface area contributed by atoms with Crippen LogP contribution in [0.25, 0.3) is 0 Å². The highest BCUT2D eigenvalue weighted by molar-refractivity contribution is 6.00. The summed E-state index contributed by atoms with van der Waals surface area (Å²) in [6, 6.07) is 5.89. The Kier molecular flexibility index (Phi) is 11.9. The molecule has 0 heterocycles. The molecular formula is C18H30ClNO2. The van der Waals surface area contributed by atoms with Gasteiger partial charge in [-0.15, -0.1) is 12.4 Å². The predicted octanol–water partition coefficient (Wildman–Crippen LogP) is 4.85. The second-order valence-corrected chi connectivity index (χ2v) is 5.78. The van der Waals surface area contributed by atoms with E-state index in [-0.39, 0.29) is 23.9 Å². The number of unbranched alkanes of at least 4 members (excludes halogenated alkanes) is 7. The highest BCUT2D eigenvalue weighted by Gasteiger charge is 2.14. The number of carbonyl (C=O) groups is 1. The van der Waals surface area contributed by atoms with E-state index in [4.69, 9.17) is 5.73 Å². The monoisotopic (exact) mass is 327 g/mol. The third kappa shape index (κ3) is 8.40. The Bertz CT molecular complexity index is 406. The second kappa shape index (κ2) is 12.5. The molecular weight excluding hydrogens is 298 g/mol. The van der Waals surface area contributed by atoms with E-state index in [0.717, 1.165) is 19.3 Å². The van der Waals surface area contributed by atoms with Crippen LogP contribution in [0.5, 0.6) is 5.75 Å². The van der Waals surface area contributed by atoms with Gasteiger partial charge in [0.1, 0.15) is 5.75 Å². The van der Waals surface area contributed by atoms with Gasteiger partial charge in [-0.05, 0) is 30.7 Å². The van der Waals surface area contributed by atoms with E-state index < -0.39 is 6.04 Å². The molecule has 4 heteroatoms. The Morgan fingerprint density at radius 1 is 1.00 bits per heavy atom. The number of nitrogens with two attached hydrogens (primary N) is 1. The molecule has 0 amide bonds. The van der Waals surface area contributed by atoms with Crippen LogP contribution in [-0.2, 0) is 0 Å². The summed E-state index contributed by atoms with van der Waals surface area (Å²) in [5.41, 5.74) is 6.54. The molecule has 0 saturated carbocycles. The molecule has 0 aliphatic carbocycles. The van der Waals surface area contributed by atoms with Crippen molar-refractivity contribution in [3.05, 3.63) is 29.8 Å². The molecule has 0 bridgehead atoms. The second-order valence-electron chi connectivity index (χ2n) is 5.78. The van der Waals surface area contributed by atoms with E-state index in [1.54, 1.807) is 12.1 Å². The van der Waals surface area contributed by atoms with E-state index in [2.05, 4.69) is 6.92 Å². The predicted molar refractivity (Wildman–Crippen MR) is 94.9 cm³/mol. The molecule has 1 aromatic carbocycles. The number of Topliss-reactive ketones (excluding diaryl/α,β-unsaturated/α-hetero) is 1. The average Bonchev–Trinajstić information content (AvgIpc) is 2.49. The lowest BCUT2D eigenvalue weighted by molar-refractivity contribution is 0.0956. The van der Waals surface area contributed by atoms with Crippen LogP contribution in [0.3, 0.4) is 0 Å². The summed E-state index contributed by atoms with van der Waals surface area (Å²) in [4.78, 5) is 12.1. The Labute approximate surface area is 140 Å². The number of ketones is 1. The SMILES string of the molecule is CCCCCCCCCCC(N)C(=O)c1ccc(O)cc1.Cl. The van der Waals surface area contributed by atoms with Crippen molar-refractivity contribution in [2.45, 2.75) is 70.8 Å². The highest BCUT2D eigenvalue weighted by Crippen LogP contribution is 2.14. The molecule has 1 atom stereocenters. The number of halogens is 1. The molecule has 0 aromatic heterocycles. The first-order chi connectivity index (χ1) is 10.1. The van der Waals surface area contributed by atoms with Crippen LogP contribution in [0.2, 0.25) is 0 Å². The Morgan fingerprint density at radius 3 is 2.05 bits per heavy atom. The topological polar surface area (TPSA) is 63.3 Å². The molecule has 126 valence electrons. The van der Waals surface area contributed by atoms with Crippen LogP contribution in [0, 0.1) is 0 Å². The van der Waals surface area contributed by atoms with Crippen molar-refractivity contribution in [3.8, 4) is 5.75 Å². The van der Waals surface area contributed by atoms with Crippen molar-refractivity contribution < 1.29 is 9.90 Å². The van der Waals surface area contributed by atoms with E-state index >= 15 is 0 Å². The summed E-state index contributed by atoms with van der Waals surface area (Å²) in [6.45, 7) is 2.23. The minimum atomic E-state index is -0.422. The summed E-state index contributed by atoms with van der Waals surface area (Å²) in [5, 5.41) is 9.21. The molecule has 3 N–H and O–H groups in total. The first-order valence-electron chi connectivity index (χ1n) is 8.24. The zero-order valence-corrected chi connectivity index (χ0v) is 14.4. The van der Waals surface area contributed by atoms with Crippen LogP contribution >= 0.6 is 12.4 Å². The standard InChI is InChI=1S/C18H29NO2.ClH/c1-2-3-4-5-6-7-8-9-10-17(19)18(21)15-11-13-16(20)14-12-15;/h11-14,17,20H,2-10,19H2,1H3;1H. The molecule has 22 heavy (non-hydrogen) atoms. The summed E-state index contributed by atoms with van der Waals surface area (Å²) >= 11 is 0. The number of phenols is 1. The molecule has 0 aliphatic rings. The van der Waals surface area contributed by atoms with Crippen LogP contribution < -0.4 is 5.73 Å². The number of aromatic hydroxyl groups is 1. The van der Waals surface area contributed by atoms with Crippen molar-refractivity contribution >= 4 is 18.2 Å². The van der Waals surface area contributed by atoms with Crippen molar-refractivity contribution in [1.82, 2.24) is 0 Å². The van der Waals surface area contributed by atoms with Gasteiger partial charge in [0.15, 0.2) is 5.78 Å². The van der Waals surface area contributed by atoms with Crippen LogP contribution in [0.15, 0.2) is 24.3 Å². The maximum Gasteiger partial charge on any atom is 0.179 e. The third-order valence-corrected chi connectivity index (χ3v) is 3.86. The molecule has 0 spiro atoms. The van der Waals surface area contributed by atoms with Gasteiger partial charge in [-0.1, -0.05) is 58.3 Å². The minimum Gasteiger partial charge on any atom is -0.508 e. The molecule has 0 fully saturated rings. The summed E-state index contributed by atoms with van der Waals surface area (Å²) in [6.07, 6.45) is 10.7. The van der Waals surface area contributed by atoms with E-state index in [0.29, 0.717) is 5.56 Å². The normalized spacial score (nSPS) is 11.7. The third-order valence-electron chi connectivity index (χ3n) is 3.86. The van der Waals surface area contributed by atoms with E-state index in [1.165, 1.54) is 50.7 Å². The highest BCUT2D eigenvalue weighted by atomic mass is 35.5. The first kappa shape index (κ1) is 20.9. The number of carbonyl (C=O) groups excluding carboxylic acids is 1. The van der Waals surface area contributed by atoms with E-state index in [1.807, 2.05) is 0 Å². The number of benzene rings is 1. The van der Waals surface area contributed by atoms with Crippen LogP contribution in [0.1, 0.15) is 75.1 Å². The zero-order valence-electron chi connectivity index (χ0n) is 13.6. The van der Waals surface area contributed by atoms with Gasteiger partial charge in [-0.25, -0.2) is 0 Å². The molecule has 1 aromatic rings. The van der Waals surface area contributed by atoms with Gasteiger partial charge in [0.25, 0.3) is 0 Å². The number of hydrogen-bond acceptors (Lipinski definition) is 3. The maximum atomic E-state index is 12.1. The lowest BCUT2D eigenvalue weighted by Crippen LogP contribution is -2.30. The fraction of sp³-hybridized carbons (Fsp3) is 0.611. The molecule has 1 unspecified atom stereocenters. The lowest BCUT2D eigenvalue weighted by Gasteiger charge is -2.10. The Hall–Kier alpha value is -1.06. The number of phenolic OH excluding ortho intramolecular Hbond substituents is 1. The Balaban J connectivity index is 0.00000441. The molecule has 3 nitrogen and oxygen atoms in total. The van der Waals surface area contributed by atoms with Gasteiger partial charge in [0.2, 0.25) is 0 Å². The average molecular weight is 328 g/mol. The van der Waals surface area contributed by atoms with Crippen molar-refractivity contribution in [2.75, 3.05) is 0 Å². The maximum absolute atomic E-state index is 12.1. The molecule has 0 saturated heterocycles. The quantitative estimate of drug-likeness (QED) is 0.451. The van der Waals surface area contributed by atoms with Crippen LogP contribution in [0.4, 0.5) is 0 Å². The minimum absolute atomic E-state index is 0.